The number of hydrogen-bond donors (Lipinski definition) is 0. The topological polar surface area (TPSA) is 59.5 Å². The third-order valence-electron chi connectivity index (χ3n) is 5.25. The monoisotopic (exact) mass is 476 g/mol. The molecule has 2 rings (SSSR count). The molecule has 0 spiro atoms. The standard InChI is InChI=1S/C25H36N2O3S2/c1-6-8-15-21(16-9-7-2)30-23(29)25(3,4)32-24-26-19(18-31-24)17-22(28)27(5)20-13-11-10-12-14-20/h10-14,18,21H,6-9,15-17H2,1-5H3. The molecule has 5 nitrogen and oxygen atoms in total. The van der Waals surface area contributed by atoms with Gasteiger partial charge >= 0.3 is 5.97 Å². The van der Waals surface area contributed by atoms with Crippen LogP contribution in [0.1, 0.15) is 71.9 Å². The lowest BCUT2D eigenvalue weighted by Crippen LogP contribution is -2.33. The summed E-state index contributed by atoms with van der Waals surface area (Å²) in [5.41, 5.74) is 1.57. The maximum absolute atomic E-state index is 12.9. The Hall–Kier alpha value is -1.86. The third kappa shape index (κ3) is 8.24. The Labute approximate surface area is 201 Å². The number of nitrogens with zero attached hydrogens (tertiary/aromatic N) is 2. The maximum Gasteiger partial charge on any atom is 0.322 e. The van der Waals surface area contributed by atoms with Crippen LogP contribution in [-0.4, -0.2) is 34.8 Å². The number of ether oxygens (including phenoxy) is 1. The molecule has 0 saturated carbocycles. The number of amides is 1. The van der Waals surface area contributed by atoms with Crippen molar-refractivity contribution in [2.75, 3.05) is 11.9 Å². The molecule has 7 heteroatoms. The number of likely N-dealkylation sites (N-methyl/N-ethyl adjacent to an activating group) is 1. The molecular formula is C25H36N2O3S2. The minimum absolute atomic E-state index is 0.0136. The normalized spacial score (nSPS) is 11.6. The molecule has 1 aromatic carbocycles. The Morgan fingerprint density at radius 2 is 1.75 bits per heavy atom. The summed E-state index contributed by atoms with van der Waals surface area (Å²) in [6.07, 6.45) is 6.37. The van der Waals surface area contributed by atoms with E-state index in [1.54, 1.807) is 11.9 Å². The number of thioether (sulfide) groups is 1. The molecule has 1 aromatic heterocycles. The van der Waals surface area contributed by atoms with Gasteiger partial charge < -0.3 is 9.64 Å². The molecule has 1 heterocycles. The van der Waals surface area contributed by atoms with E-state index in [4.69, 9.17) is 4.74 Å². The largest absolute Gasteiger partial charge is 0.461 e. The van der Waals surface area contributed by atoms with Crippen LogP contribution in [0.3, 0.4) is 0 Å². The zero-order chi connectivity index (χ0) is 23.6. The lowest BCUT2D eigenvalue weighted by Gasteiger charge is -2.25. The number of carbonyl (C=O) groups excluding carboxylic acids is 2. The molecule has 0 unspecified atom stereocenters. The van der Waals surface area contributed by atoms with Gasteiger partial charge in [0.25, 0.3) is 0 Å². The lowest BCUT2D eigenvalue weighted by molar-refractivity contribution is -0.151. The summed E-state index contributed by atoms with van der Waals surface area (Å²) < 4.78 is 5.93. The summed E-state index contributed by atoms with van der Waals surface area (Å²) in [5, 5.41) is 1.89. The van der Waals surface area contributed by atoms with E-state index in [0.717, 1.165) is 54.2 Å². The van der Waals surface area contributed by atoms with Gasteiger partial charge in [-0.15, -0.1) is 11.3 Å². The first-order valence-corrected chi connectivity index (χ1v) is 13.1. The number of hydrogen-bond acceptors (Lipinski definition) is 6. The third-order valence-corrected chi connectivity index (χ3v) is 7.41. The number of benzene rings is 1. The number of esters is 1. The molecule has 176 valence electrons. The first-order valence-electron chi connectivity index (χ1n) is 11.4. The van der Waals surface area contributed by atoms with Crippen LogP contribution in [0.25, 0.3) is 0 Å². The van der Waals surface area contributed by atoms with Crippen molar-refractivity contribution in [2.24, 2.45) is 0 Å². The van der Waals surface area contributed by atoms with Crippen LogP contribution < -0.4 is 4.90 Å². The van der Waals surface area contributed by atoms with Gasteiger partial charge in [0.15, 0.2) is 4.34 Å². The molecule has 0 aliphatic rings. The maximum atomic E-state index is 12.9. The van der Waals surface area contributed by atoms with Crippen LogP contribution in [0, 0.1) is 0 Å². The number of carbonyl (C=O) groups is 2. The number of aromatic nitrogens is 1. The molecule has 32 heavy (non-hydrogen) atoms. The number of anilines is 1. The van der Waals surface area contributed by atoms with Crippen molar-refractivity contribution < 1.29 is 14.3 Å². The molecular weight excluding hydrogens is 440 g/mol. The van der Waals surface area contributed by atoms with Crippen LogP contribution in [-0.2, 0) is 20.7 Å². The Kier molecular flexibility index (Phi) is 10.7. The highest BCUT2D eigenvalue weighted by atomic mass is 32.2. The van der Waals surface area contributed by atoms with Gasteiger partial charge in [0, 0.05) is 18.1 Å². The molecule has 0 radical (unpaired) electrons. The average Bonchev–Trinajstić information content (AvgIpc) is 3.21. The van der Waals surface area contributed by atoms with Gasteiger partial charge in [0.1, 0.15) is 10.9 Å². The summed E-state index contributed by atoms with van der Waals surface area (Å²) in [5.74, 6) is -0.220. The molecule has 0 N–H and O–H groups in total. The molecule has 0 aliphatic carbocycles. The van der Waals surface area contributed by atoms with Crippen LogP contribution in [0.4, 0.5) is 5.69 Å². The zero-order valence-electron chi connectivity index (χ0n) is 19.9. The van der Waals surface area contributed by atoms with E-state index in [2.05, 4.69) is 18.8 Å². The molecule has 1 amide bonds. The Balaban J connectivity index is 1.95. The summed E-state index contributed by atoms with van der Waals surface area (Å²) >= 11 is 2.87. The summed E-state index contributed by atoms with van der Waals surface area (Å²) in [6.45, 7) is 8.07. The molecule has 0 bridgehead atoms. The second-order valence-corrected chi connectivity index (χ2v) is 11.2. The second-order valence-electron chi connectivity index (χ2n) is 8.49. The van der Waals surface area contributed by atoms with Crippen molar-refractivity contribution in [3.63, 3.8) is 0 Å². The van der Waals surface area contributed by atoms with E-state index in [0.29, 0.717) is 0 Å². The number of rotatable bonds is 13. The van der Waals surface area contributed by atoms with Gasteiger partial charge in [0.2, 0.25) is 5.91 Å². The van der Waals surface area contributed by atoms with Crippen LogP contribution in [0.15, 0.2) is 40.1 Å². The van der Waals surface area contributed by atoms with E-state index in [1.807, 2.05) is 49.6 Å². The van der Waals surface area contributed by atoms with Crippen LogP contribution >= 0.6 is 23.1 Å². The minimum Gasteiger partial charge on any atom is -0.461 e. The molecule has 0 aliphatic heterocycles. The first-order chi connectivity index (χ1) is 15.3. The van der Waals surface area contributed by atoms with Crippen molar-refractivity contribution >= 4 is 40.7 Å². The van der Waals surface area contributed by atoms with Crippen molar-refractivity contribution in [3.8, 4) is 0 Å². The van der Waals surface area contributed by atoms with Crippen LogP contribution in [0.5, 0.6) is 0 Å². The zero-order valence-corrected chi connectivity index (χ0v) is 21.6. The van der Waals surface area contributed by atoms with E-state index in [1.165, 1.54) is 23.1 Å². The Morgan fingerprint density at radius 3 is 2.34 bits per heavy atom. The second kappa shape index (κ2) is 13.0. The quantitative estimate of drug-likeness (QED) is 0.244. The number of para-hydroxylation sites is 1. The van der Waals surface area contributed by atoms with Gasteiger partial charge in [-0.1, -0.05) is 69.5 Å². The van der Waals surface area contributed by atoms with E-state index in [9.17, 15) is 9.59 Å². The van der Waals surface area contributed by atoms with E-state index < -0.39 is 4.75 Å². The molecule has 0 atom stereocenters. The highest BCUT2D eigenvalue weighted by Crippen LogP contribution is 2.36. The smallest absolute Gasteiger partial charge is 0.322 e. The van der Waals surface area contributed by atoms with E-state index >= 15 is 0 Å². The summed E-state index contributed by atoms with van der Waals surface area (Å²) in [7, 11) is 1.77. The van der Waals surface area contributed by atoms with Crippen molar-refractivity contribution in [1.82, 2.24) is 4.98 Å². The van der Waals surface area contributed by atoms with E-state index in [-0.39, 0.29) is 24.4 Å². The molecule has 0 saturated heterocycles. The fourth-order valence-corrected chi connectivity index (χ4v) is 5.40. The van der Waals surface area contributed by atoms with Gasteiger partial charge in [-0.05, 0) is 38.8 Å². The highest BCUT2D eigenvalue weighted by molar-refractivity contribution is 8.03. The Bertz CT molecular complexity index is 844. The predicted octanol–water partition coefficient (Wildman–Crippen LogP) is 6.51. The Morgan fingerprint density at radius 1 is 1.12 bits per heavy atom. The van der Waals surface area contributed by atoms with Crippen molar-refractivity contribution in [3.05, 3.63) is 41.4 Å². The van der Waals surface area contributed by atoms with Gasteiger partial charge in [-0.25, -0.2) is 4.98 Å². The number of thiazole rings is 1. The average molecular weight is 477 g/mol. The number of unbranched alkanes of at least 4 members (excludes halogenated alkanes) is 2. The fraction of sp³-hybridized carbons (Fsp3) is 0.560. The molecule has 0 fully saturated rings. The minimum atomic E-state index is -0.739. The lowest BCUT2D eigenvalue weighted by atomic mass is 10.1. The SMILES string of the molecule is CCCCC(CCCC)OC(=O)C(C)(C)Sc1nc(CC(=O)N(C)c2ccccc2)cs1. The van der Waals surface area contributed by atoms with Gasteiger partial charge in [0.05, 0.1) is 12.1 Å². The van der Waals surface area contributed by atoms with Gasteiger partial charge in [-0.2, -0.15) is 0 Å². The molecule has 2 aromatic rings. The first kappa shape index (κ1) is 26.4. The summed E-state index contributed by atoms with van der Waals surface area (Å²) in [6, 6.07) is 9.56. The van der Waals surface area contributed by atoms with Crippen molar-refractivity contribution in [2.45, 2.75) is 87.8 Å². The fourth-order valence-electron chi connectivity index (χ4n) is 3.16. The van der Waals surface area contributed by atoms with Crippen LogP contribution in [0.2, 0.25) is 0 Å². The summed E-state index contributed by atoms with van der Waals surface area (Å²) in [4.78, 5) is 31.8. The van der Waals surface area contributed by atoms with Gasteiger partial charge in [-0.3, -0.25) is 9.59 Å². The predicted molar refractivity (Wildman–Crippen MR) is 135 cm³/mol. The highest BCUT2D eigenvalue weighted by Gasteiger charge is 2.33. The van der Waals surface area contributed by atoms with Crippen molar-refractivity contribution in [1.29, 1.82) is 0 Å².